The molecule has 0 aliphatic heterocycles. The molecule has 2 fully saturated rings. The molecule has 2 aromatic carbocycles. The molecule has 31 heavy (non-hydrogen) atoms. The van der Waals surface area contributed by atoms with E-state index in [-0.39, 0.29) is 6.42 Å². The van der Waals surface area contributed by atoms with E-state index in [2.05, 4.69) is 50.4 Å². The van der Waals surface area contributed by atoms with Crippen molar-refractivity contribution in [2.45, 2.75) is 72.1 Å². The minimum atomic E-state index is -0.771. The molecule has 4 heteroatoms. The maximum absolute atomic E-state index is 10.7. The number of nitrogens with one attached hydrogen (secondary N) is 1. The number of aliphatic carboxylic acids is 1. The van der Waals surface area contributed by atoms with Gasteiger partial charge in [0.05, 0.1) is 0 Å². The zero-order valence-corrected chi connectivity index (χ0v) is 19.0. The zero-order chi connectivity index (χ0) is 22.1. The van der Waals surface area contributed by atoms with E-state index in [9.17, 15) is 4.79 Å². The number of hydrogen-bond donors (Lipinski definition) is 2. The number of hydrogen-bond acceptors (Lipinski definition) is 3. The number of aryl methyl sites for hydroxylation is 1. The second-order valence-corrected chi connectivity index (χ2v) is 10.2. The fourth-order valence-corrected chi connectivity index (χ4v) is 5.68. The van der Waals surface area contributed by atoms with Crippen molar-refractivity contribution < 1.29 is 14.6 Å². The maximum atomic E-state index is 10.7. The van der Waals surface area contributed by atoms with E-state index in [0.717, 1.165) is 29.3 Å². The van der Waals surface area contributed by atoms with Crippen molar-refractivity contribution in [1.82, 2.24) is 5.32 Å². The topological polar surface area (TPSA) is 58.6 Å². The lowest BCUT2D eigenvalue weighted by molar-refractivity contribution is -0.136. The Morgan fingerprint density at radius 3 is 2.26 bits per heavy atom. The molecule has 3 unspecified atom stereocenters. The average Bonchev–Trinajstić information content (AvgIpc) is 3.09. The molecule has 0 heterocycles. The van der Waals surface area contributed by atoms with Crippen molar-refractivity contribution in [3.8, 4) is 5.75 Å². The van der Waals surface area contributed by atoms with E-state index < -0.39 is 5.97 Å². The van der Waals surface area contributed by atoms with Crippen LogP contribution in [0, 0.1) is 16.7 Å². The number of carboxylic acids is 1. The highest BCUT2D eigenvalue weighted by molar-refractivity contribution is 5.67. The summed E-state index contributed by atoms with van der Waals surface area (Å²) in [6, 6.07) is 17.0. The van der Waals surface area contributed by atoms with Crippen LogP contribution in [0.3, 0.4) is 0 Å². The highest BCUT2D eigenvalue weighted by Crippen LogP contribution is 2.65. The Balaban J connectivity index is 1.25. The number of carboxylic acid groups (broad SMARTS) is 1. The highest BCUT2D eigenvalue weighted by Gasteiger charge is 2.60. The van der Waals surface area contributed by atoms with Crippen molar-refractivity contribution in [2.75, 3.05) is 0 Å². The van der Waals surface area contributed by atoms with Gasteiger partial charge in [0, 0.05) is 19.0 Å². The lowest BCUT2D eigenvalue weighted by Crippen LogP contribution is -2.44. The molecule has 0 spiro atoms. The summed E-state index contributed by atoms with van der Waals surface area (Å²) >= 11 is 0. The van der Waals surface area contributed by atoms with E-state index >= 15 is 0 Å². The van der Waals surface area contributed by atoms with E-state index in [4.69, 9.17) is 9.84 Å². The van der Waals surface area contributed by atoms with Crippen LogP contribution >= 0.6 is 0 Å². The summed E-state index contributed by atoms with van der Waals surface area (Å²) in [5, 5.41) is 12.6. The first-order valence-corrected chi connectivity index (χ1v) is 11.5. The van der Waals surface area contributed by atoms with Crippen LogP contribution < -0.4 is 10.1 Å². The Morgan fingerprint density at radius 1 is 1.03 bits per heavy atom. The molecule has 4 rings (SSSR count). The van der Waals surface area contributed by atoms with Gasteiger partial charge in [0.15, 0.2) is 0 Å². The van der Waals surface area contributed by atoms with Crippen LogP contribution in [0.15, 0.2) is 48.5 Å². The molecule has 4 nitrogen and oxygen atoms in total. The van der Waals surface area contributed by atoms with Gasteiger partial charge in [-0.05, 0) is 71.3 Å². The van der Waals surface area contributed by atoms with Crippen molar-refractivity contribution in [2.24, 2.45) is 16.7 Å². The molecule has 3 atom stereocenters. The molecule has 0 amide bonds. The summed E-state index contributed by atoms with van der Waals surface area (Å²) in [6.07, 6.45) is 4.74. The van der Waals surface area contributed by atoms with E-state index in [1.54, 1.807) is 0 Å². The number of carbonyl (C=O) groups is 1. The quantitative estimate of drug-likeness (QED) is 0.554. The third-order valence-corrected chi connectivity index (χ3v) is 8.33. The molecular weight excluding hydrogens is 386 g/mol. The van der Waals surface area contributed by atoms with Gasteiger partial charge in [0.1, 0.15) is 12.4 Å². The third-order valence-electron chi connectivity index (χ3n) is 8.33. The summed E-state index contributed by atoms with van der Waals surface area (Å²) < 4.78 is 5.89. The Labute approximate surface area is 186 Å². The van der Waals surface area contributed by atoms with Gasteiger partial charge in [-0.25, -0.2) is 0 Å². The molecular formula is C27H35NO3. The first-order valence-electron chi connectivity index (χ1n) is 11.5. The van der Waals surface area contributed by atoms with E-state index in [0.29, 0.717) is 29.9 Å². The minimum Gasteiger partial charge on any atom is -0.489 e. The van der Waals surface area contributed by atoms with Gasteiger partial charge in [0.25, 0.3) is 0 Å². The van der Waals surface area contributed by atoms with Gasteiger partial charge >= 0.3 is 5.97 Å². The predicted molar refractivity (Wildman–Crippen MR) is 123 cm³/mol. The fourth-order valence-electron chi connectivity index (χ4n) is 5.68. The normalized spacial score (nSPS) is 26.2. The van der Waals surface area contributed by atoms with E-state index in [1.807, 2.05) is 24.3 Å². The van der Waals surface area contributed by atoms with Crippen LogP contribution in [0.4, 0.5) is 0 Å². The number of benzene rings is 2. The highest BCUT2D eigenvalue weighted by atomic mass is 16.5. The second-order valence-electron chi connectivity index (χ2n) is 10.2. The Morgan fingerprint density at radius 2 is 1.68 bits per heavy atom. The standard InChI is InChI=1S/C27H35NO3/c1-26(2)22-14-15-27(26,3)24(16-22)28-17-20-4-6-21(7-5-20)18-31-23-11-8-19(9-12-23)10-13-25(29)30/h4-9,11-12,22,24,28H,10,13-18H2,1-3H3,(H,29,30). The molecule has 2 aliphatic carbocycles. The summed E-state index contributed by atoms with van der Waals surface area (Å²) in [6.45, 7) is 8.85. The fraction of sp³-hybridized carbons (Fsp3) is 0.519. The monoisotopic (exact) mass is 421 g/mol. The Kier molecular flexibility index (Phi) is 6.11. The first-order chi connectivity index (χ1) is 14.8. The largest absolute Gasteiger partial charge is 0.489 e. The maximum Gasteiger partial charge on any atom is 0.303 e. The average molecular weight is 422 g/mol. The van der Waals surface area contributed by atoms with Crippen LogP contribution in [0.2, 0.25) is 0 Å². The summed E-state index contributed by atoms with van der Waals surface area (Å²) in [5.41, 5.74) is 4.33. The van der Waals surface area contributed by atoms with Crippen molar-refractivity contribution in [1.29, 1.82) is 0 Å². The summed E-state index contributed by atoms with van der Waals surface area (Å²) in [4.78, 5) is 10.7. The van der Waals surface area contributed by atoms with Gasteiger partial charge in [-0.2, -0.15) is 0 Å². The molecule has 2 aromatic rings. The molecule has 0 aromatic heterocycles. The minimum absolute atomic E-state index is 0.153. The molecule has 0 saturated heterocycles. The molecule has 2 saturated carbocycles. The van der Waals surface area contributed by atoms with Gasteiger partial charge in [-0.1, -0.05) is 57.2 Å². The summed E-state index contributed by atoms with van der Waals surface area (Å²) in [5.74, 6) is 0.894. The van der Waals surface area contributed by atoms with Crippen LogP contribution in [-0.4, -0.2) is 17.1 Å². The summed E-state index contributed by atoms with van der Waals surface area (Å²) in [7, 11) is 0. The lowest BCUT2D eigenvalue weighted by atomic mass is 9.69. The van der Waals surface area contributed by atoms with E-state index in [1.165, 1.54) is 24.8 Å². The SMILES string of the molecule is CC1(C)C2CCC1(C)C(NCc1ccc(COc3ccc(CCC(=O)O)cc3)cc1)C2. The van der Waals surface area contributed by atoms with Gasteiger partial charge in [-0.15, -0.1) is 0 Å². The predicted octanol–water partition coefficient (Wildman–Crippen LogP) is 5.59. The number of ether oxygens (including phenoxy) is 1. The van der Waals surface area contributed by atoms with Crippen molar-refractivity contribution in [3.05, 3.63) is 65.2 Å². The number of fused-ring (bicyclic) bond motifs is 2. The molecule has 0 radical (unpaired) electrons. The van der Waals surface area contributed by atoms with Crippen molar-refractivity contribution in [3.63, 3.8) is 0 Å². The van der Waals surface area contributed by atoms with Gasteiger partial charge in [0.2, 0.25) is 0 Å². The zero-order valence-electron chi connectivity index (χ0n) is 19.0. The Bertz CT molecular complexity index is 903. The lowest BCUT2D eigenvalue weighted by Gasteiger charge is -2.39. The van der Waals surface area contributed by atoms with Crippen molar-refractivity contribution >= 4 is 5.97 Å². The second kappa shape index (κ2) is 8.66. The first kappa shape index (κ1) is 21.9. The smallest absolute Gasteiger partial charge is 0.303 e. The van der Waals surface area contributed by atoms with Crippen LogP contribution in [0.5, 0.6) is 5.75 Å². The molecule has 2 bridgehead atoms. The molecule has 2 aliphatic rings. The molecule has 2 N–H and O–H groups in total. The Hall–Kier alpha value is -2.33. The number of rotatable bonds is 9. The van der Waals surface area contributed by atoms with Crippen LogP contribution in [0.1, 0.15) is 63.1 Å². The van der Waals surface area contributed by atoms with Gasteiger partial charge < -0.3 is 15.2 Å². The third kappa shape index (κ3) is 4.50. The molecule has 166 valence electrons. The van der Waals surface area contributed by atoms with Crippen LogP contribution in [-0.2, 0) is 24.4 Å². The van der Waals surface area contributed by atoms with Crippen LogP contribution in [0.25, 0.3) is 0 Å². The van der Waals surface area contributed by atoms with Gasteiger partial charge in [-0.3, -0.25) is 4.79 Å².